The van der Waals surface area contributed by atoms with E-state index in [0.29, 0.717) is 25.4 Å². The fourth-order valence-electron chi connectivity index (χ4n) is 2.83. The highest BCUT2D eigenvalue weighted by Crippen LogP contribution is 2.26. The maximum absolute atomic E-state index is 12.7. The number of nitrogens with zero attached hydrogens (tertiary/aromatic N) is 4. The molecule has 0 spiro atoms. The van der Waals surface area contributed by atoms with Gasteiger partial charge in [-0.2, -0.15) is 11.3 Å². The minimum Gasteiger partial charge on any atom is -0.350 e. The SMILES string of the molecule is CC(C)C[C@H]1C(=O)N(CC(=O)NCc2ccsc2)Cc2cnnn21. The van der Waals surface area contributed by atoms with Crippen LogP contribution >= 0.6 is 11.3 Å². The second-order valence-electron chi connectivity index (χ2n) is 6.42. The first-order valence-electron chi connectivity index (χ1n) is 8.00. The summed E-state index contributed by atoms with van der Waals surface area (Å²) >= 11 is 1.59. The van der Waals surface area contributed by atoms with E-state index in [4.69, 9.17) is 0 Å². The van der Waals surface area contributed by atoms with E-state index in [1.54, 1.807) is 27.1 Å². The van der Waals surface area contributed by atoms with E-state index >= 15 is 0 Å². The predicted octanol–water partition coefficient (Wildman–Crippen LogP) is 1.59. The van der Waals surface area contributed by atoms with Gasteiger partial charge in [0.25, 0.3) is 0 Å². The number of hydrogen-bond donors (Lipinski definition) is 1. The zero-order valence-electron chi connectivity index (χ0n) is 13.8. The first kappa shape index (κ1) is 16.6. The van der Waals surface area contributed by atoms with Crippen molar-refractivity contribution in [3.8, 4) is 0 Å². The lowest BCUT2D eigenvalue weighted by Gasteiger charge is -2.33. The standard InChI is InChI=1S/C16H21N5O2S/c1-11(2)5-14-16(23)20(8-13-7-18-19-21(13)14)9-15(22)17-6-12-3-4-24-10-12/h3-4,7,10-11,14H,5-6,8-9H2,1-2H3,(H,17,22)/t14-/m0/s1. The lowest BCUT2D eigenvalue weighted by molar-refractivity contribution is -0.142. The number of nitrogens with one attached hydrogen (secondary N) is 1. The van der Waals surface area contributed by atoms with Gasteiger partial charge in [0, 0.05) is 6.54 Å². The monoisotopic (exact) mass is 347 g/mol. The summed E-state index contributed by atoms with van der Waals surface area (Å²) in [4.78, 5) is 26.5. The van der Waals surface area contributed by atoms with Gasteiger partial charge in [0.1, 0.15) is 12.6 Å². The Morgan fingerprint density at radius 1 is 1.50 bits per heavy atom. The Morgan fingerprint density at radius 3 is 3.04 bits per heavy atom. The third kappa shape index (κ3) is 3.64. The van der Waals surface area contributed by atoms with Gasteiger partial charge < -0.3 is 10.2 Å². The number of carbonyl (C=O) groups is 2. The van der Waals surface area contributed by atoms with Crippen LogP contribution in [0.5, 0.6) is 0 Å². The molecular formula is C16H21N5O2S. The molecule has 3 rings (SSSR count). The zero-order valence-corrected chi connectivity index (χ0v) is 14.6. The minimum atomic E-state index is -0.374. The summed E-state index contributed by atoms with van der Waals surface area (Å²) < 4.78 is 1.70. The highest BCUT2D eigenvalue weighted by molar-refractivity contribution is 7.07. The van der Waals surface area contributed by atoms with Crippen LogP contribution in [0, 0.1) is 5.92 Å². The largest absolute Gasteiger partial charge is 0.350 e. The molecule has 1 N–H and O–H groups in total. The molecule has 1 aliphatic heterocycles. The molecular weight excluding hydrogens is 326 g/mol. The van der Waals surface area contributed by atoms with E-state index in [1.807, 2.05) is 16.8 Å². The molecule has 128 valence electrons. The van der Waals surface area contributed by atoms with Gasteiger partial charge in [-0.05, 0) is 34.7 Å². The smallest absolute Gasteiger partial charge is 0.248 e. The van der Waals surface area contributed by atoms with Crippen LogP contribution in [-0.2, 0) is 22.7 Å². The van der Waals surface area contributed by atoms with Gasteiger partial charge in [-0.25, -0.2) is 4.68 Å². The van der Waals surface area contributed by atoms with Crippen molar-refractivity contribution in [2.75, 3.05) is 6.54 Å². The topological polar surface area (TPSA) is 80.1 Å². The molecule has 0 saturated carbocycles. The summed E-state index contributed by atoms with van der Waals surface area (Å²) in [6, 6.07) is 1.60. The Morgan fingerprint density at radius 2 is 2.33 bits per heavy atom. The van der Waals surface area contributed by atoms with Crippen molar-refractivity contribution >= 4 is 23.2 Å². The molecule has 2 aromatic rings. The average molecular weight is 347 g/mol. The molecule has 0 aromatic carbocycles. The Labute approximate surface area is 144 Å². The van der Waals surface area contributed by atoms with Crippen molar-refractivity contribution in [1.29, 1.82) is 0 Å². The Kier molecular flexibility index (Phi) is 4.94. The van der Waals surface area contributed by atoms with Crippen LogP contribution in [0.4, 0.5) is 0 Å². The average Bonchev–Trinajstić information content (AvgIpc) is 3.20. The number of carbonyl (C=O) groups excluding carboxylic acids is 2. The Balaban J connectivity index is 1.65. The molecule has 1 atom stereocenters. The molecule has 24 heavy (non-hydrogen) atoms. The summed E-state index contributed by atoms with van der Waals surface area (Å²) in [5.74, 6) is 0.134. The molecule has 0 unspecified atom stereocenters. The summed E-state index contributed by atoms with van der Waals surface area (Å²) in [6.07, 6.45) is 2.35. The molecule has 7 nitrogen and oxygen atoms in total. The highest BCUT2D eigenvalue weighted by atomic mass is 32.1. The van der Waals surface area contributed by atoms with Crippen molar-refractivity contribution < 1.29 is 9.59 Å². The molecule has 0 fully saturated rings. The second-order valence-corrected chi connectivity index (χ2v) is 7.20. The van der Waals surface area contributed by atoms with Gasteiger partial charge >= 0.3 is 0 Å². The van der Waals surface area contributed by atoms with Gasteiger partial charge in [0.2, 0.25) is 11.8 Å². The first-order valence-corrected chi connectivity index (χ1v) is 8.94. The third-order valence-corrected chi connectivity index (χ3v) is 4.72. The number of hydrogen-bond acceptors (Lipinski definition) is 5. The fourth-order valence-corrected chi connectivity index (χ4v) is 3.50. The lowest BCUT2D eigenvalue weighted by atomic mass is 10.0. The zero-order chi connectivity index (χ0) is 17.1. The van der Waals surface area contributed by atoms with Gasteiger partial charge in [-0.1, -0.05) is 19.1 Å². The molecule has 0 saturated heterocycles. The van der Waals surface area contributed by atoms with Crippen LogP contribution in [0.1, 0.15) is 37.6 Å². The van der Waals surface area contributed by atoms with Gasteiger partial charge in [-0.15, -0.1) is 5.10 Å². The van der Waals surface area contributed by atoms with E-state index in [2.05, 4.69) is 29.5 Å². The van der Waals surface area contributed by atoms with Gasteiger partial charge in [0.05, 0.1) is 18.4 Å². The maximum atomic E-state index is 12.7. The number of amides is 2. The van der Waals surface area contributed by atoms with Crippen molar-refractivity contribution in [2.24, 2.45) is 5.92 Å². The molecule has 0 bridgehead atoms. The van der Waals surface area contributed by atoms with Crippen LogP contribution in [0.25, 0.3) is 0 Å². The van der Waals surface area contributed by atoms with Gasteiger partial charge in [0.15, 0.2) is 0 Å². The molecule has 3 heterocycles. The quantitative estimate of drug-likeness (QED) is 0.860. The van der Waals surface area contributed by atoms with E-state index in [1.165, 1.54) is 0 Å². The van der Waals surface area contributed by atoms with Crippen LogP contribution in [0.15, 0.2) is 23.0 Å². The predicted molar refractivity (Wildman–Crippen MR) is 90.1 cm³/mol. The fraction of sp³-hybridized carbons (Fsp3) is 0.500. The molecule has 2 aromatic heterocycles. The van der Waals surface area contributed by atoms with E-state index in [0.717, 1.165) is 11.3 Å². The Bertz CT molecular complexity index is 710. The van der Waals surface area contributed by atoms with Crippen LogP contribution in [0.3, 0.4) is 0 Å². The summed E-state index contributed by atoms with van der Waals surface area (Å²) in [7, 11) is 0. The lowest BCUT2D eigenvalue weighted by Crippen LogP contribution is -2.47. The molecule has 8 heteroatoms. The Hall–Kier alpha value is -2.22. The number of rotatable bonds is 6. The van der Waals surface area contributed by atoms with Crippen molar-refractivity contribution in [2.45, 2.75) is 39.4 Å². The minimum absolute atomic E-state index is 0.0583. The van der Waals surface area contributed by atoms with Crippen LogP contribution in [0.2, 0.25) is 0 Å². The first-order chi connectivity index (χ1) is 11.5. The number of fused-ring (bicyclic) bond motifs is 1. The molecule has 0 aliphatic carbocycles. The summed E-state index contributed by atoms with van der Waals surface area (Å²) in [5.41, 5.74) is 1.93. The number of thiophene rings is 1. The van der Waals surface area contributed by atoms with Crippen molar-refractivity contribution in [3.63, 3.8) is 0 Å². The molecule has 2 amide bonds. The van der Waals surface area contributed by atoms with E-state index in [9.17, 15) is 9.59 Å². The maximum Gasteiger partial charge on any atom is 0.248 e. The highest BCUT2D eigenvalue weighted by Gasteiger charge is 2.35. The van der Waals surface area contributed by atoms with E-state index < -0.39 is 0 Å². The normalized spacial score (nSPS) is 17.2. The third-order valence-electron chi connectivity index (χ3n) is 3.99. The van der Waals surface area contributed by atoms with Crippen LogP contribution in [-0.4, -0.2) is 38.3 Å². The second kappa shape index (κ2) is 7.12. The van der Waals surface area contributed by atoms with Gasteiger partial charge in [-0.3, -0.25) is 9.59 Å². The van der Waals surface area contributed by atoms with Crippen molar-refractivity contribution in [1.82, 2.24) is 25.2 Å². The van der Waals surface area contributed by atoms with Crippen molar-refractivity contribution in [3.05, 3.63) is 34.3 Å². The summed E-state index contributed by atoms with van der Waals surface area (Å²) in [5, 5.41) is 14.8. The van der Waals surface area contributed by atoms with Crippen LogP contribution < -0.4 is 5.32 Å². The summed E-state index contributed by atoms with van der Waals surface area (Å²) in [6.45, 7) is 5.04. The number of aromatic nitrogens is 3. The van der Waals surface area contributed by atoms with E-state index in [-0.39, 0.29) is 24.4 Å². The molecule has 0 radical (unpaired) electrons. The molecule has 1 aliphatic rings.